The van der Waals surface area contributed by atoms with E-state index >= 15 is 0 Å². The van der Waals surface area contributed by atoms with Crippen molar-refractivity contribution in [3.05, 3.63) is 71.5 Å². The number of hydrogen-bond acceptors (Lipinski definition) is 2. The fourth-order valence-corrected chi connectivity index (χ4v) is 4.47. The third-order valence-corrected chi connectivity index (χ3v) is 6.06. The molecule has 0 N–H and O–H groups in total. The van der Waals surface area contributed by atoms with Crippen LogP contribution in [-0.4, -0.2) is 48.9 Å². The summed E-state index contributed by atoms with van der Waals surface area (Å²) < 4.78 is 13.0. The first kappa shape index (κ1) is 17.2. The molecule has 1 amide bonds. The van der Waals surface area contributed by atoms with Gasteiger partial charge in [0.15, 0.2) is 0 Å². The minimum Gasteiger partial charge on any atom is -0.340 e. The quantitative estimate of drug-likeness (QED) is 0.820. The molecule has 4 rings (SSSR count). The monoisotopic (exact) mass is 352 g/mol. The van der Waals surface area contributed by atoms with Crippen LogP contribution in [0.15, 0.2) is 54.6 Å². The van der Waals surface area contributed by atoms with Crippen molar-refractivity contribution in [2.24, 2.45) is 11.8 Å². The fourth-order valence-electron chi connectivity index (χ4n) is 4.47. The first-order valence-electron chi connectivity index (χ1n) is 9.40. The lowest BCUT2D eigenvalue weighted by Crippen LogP contribution is -2.35. The maximum Gasteiger partial charge on any atom is 0.253 e. The van der Waals surface area contributed by atoms with Crippen molar-refractivity contribution in [3.8, 4) is 0 Å². The smallest absolute Gasteiger partial charge is 0.253 e. The number of nitrogens with zero attached hydrogens (tertiary/aromatic N) is 2. The third-order valence-electron chi connectivity index (χ3n) is 6.06. The molecule has 0 radical (unpaired) electrons. The largest absolute Gasteiger partial charge is 0.340 e. The second-order valence-electron chi connectivity index (χ2n) is 7.67. The van der Waals surface area contributed by atoms with E-state index in [4.69, 9.17) is 0 Å². The highest BCUT2D eigenvalue weighted by Crippen LogP contribution is 2.51. The van der Waals surface area contributed by atoms with Crippen LogP contribution < -0.4 is 0 Å². The fraction of sp³-hybridized carbons (Fsp3) is 0.409. The Hall–Kier alpha value is -2.20. The highest BCUT2D eigenvalue weighted by atomic mass is 19.1. The minimum atomic E-state index is -0.315. The topological polar surface area (TPSA) is 23.6 Å². The van der Waals surface area contributed by atoms with Gasteiger partial charge in [-0.15, -0.1) is 0 Å². The van der Waals surface area contributed by atoms with Gasteiger partial charge in [-0.25, -0.2) is 4.39 Å². The highest BCUT2D eigenvalue weighted by molar-refractivity contribution is 5.94. The molecule has 0 aromatic heterocycles. The van der Waals surface area contributed by atoms with E-state index in [1.165, 1.54) is 24.1 Å². The molecule has 0 spiro atoms. The number of hydrogen-bond donors (Lipinski definition) is 0. The Bertz CT molecular complexity index is 761. The summed E-state index contributed by atoms with van der Waals surface area (Å²) in [5.41, 5.74) is 2.01. The number of benzene rings is 2. The summed E-state index contributed by atoms with van der Waals surface area (Å²) in [6, 6.07) is 16.6. The number of amides is 1. The van der Waals surface area contributed by atoms with Crippen molar-refractivity contribution >= 4 is 5.91 Å². The molecule has 3 nitrogen and oxygen atoms in total. The Balaban J connectivity index is 1.28. The lowest BCUT2D eigenvalue weighted by atomic mass is 9.64. The second-order valence-corrected chi connectivity index (χ2v) is 7.67. The molecular weight excluding hydrogens is 327 g/mol. The standard InChI is InChI=1S/C22H25FN2O/c1-24(22(26)17-7-9-19(23)10-8-17)11-12-25-14-18-13-20(21(18)15-25)16-5-3-2-4-6-16/h2-10,18,20-21H,11-15H2,1H3. The zero-order valence-electron chi connectivity index (χ0n) is 15.1. The zero-order valence-corrected chi connectivity index (χ0v) is 15.1. The van der Waals surface area contributed by atoms with Gasteiger partial charge < -0.3 is 9.80 Å². The van der Waals surface area contributed by atoms with E-state index < -0.39 is 0 Å². The van der Waals surface area contributed by atoms with Crippen LogP contribution in [0.1, 0.15) is 28.3 Å². The van der Waals surface area contributed by atoms with Gasteiger partial charge in [0.05, 0.1) is 0 Å². The summed E-state index contributed by atoms with van der Waals surface area (Å²) in [6.45, 7) is 3.87. The van der Waals surface area contributed by atoms with Crippen LogP contribution >= 0.6 is 0 Å². The molecule has 3 atom stereocenters. The van der Waals surface area contributed by atoms with Gasteiger partial charge in [-0.1, -0.05) is 30.3 Å². The van der Waals surface area contributed by atoms with E-state index in [0.717, 1.165) is 31.5 Å². The lowest BCUT2D eigenvalue weighted by molar-refractivity contribution is 0.0781. The van der Waals surface area contributed by atoms with E-state index in [1.807, 2.05) is 7.05 Å². The molecule has 1 aliphatic heterocycles. The van der Waals surface area contributed by atoms with Crippen LogP contribution in [-0.2, 0) is 0 Å². The van der Waals surface area contributed by atoms with Crippen LogP contribution in [0, 0.1) is 17.7 Å². The number of rotatable bonds is 5. The number of likely N-dealkylation sites (tertiary alicyclic amines) is 1. The second kappa shape index (κ2) is 7.20. The average Bonchev–Trinajstić information content (AvgIpc) is 2.97. The highest BCUT2D eigenvalue weighted by Gasteiger charge is 2.47. The first-order chi connectivity index (χ1) is 12.6. The summed E-state index contributed by atoms with van der Waals surface area (Å²) in [5, 5.41) is 0. The number of likely N-dealkylation sites (N-methyl/N-ethyl adjacent to an activating group) is 1. The van der Waals surface area contributed by atoms with E-state index in [2.05, 4.69) is 35.2 Å². The van der Waals surface area contributed by atoms with Gasteiger partial charge in [-0.2, -0.15) is 0 Å². The van der Waals surface area contributed by atoms with Gasteiger partial charge >= 0.3 is 0 Å². The van der Waals surface area contributed by atoms with E-state index in [1.54, 1.807) is 17.0 Å². The molecule has 1 aliphatic carbocycles. The normalized spacial score (nSPS) is 24.8. The molecule has 136 valence electrons. The maximum absolute atomic E-state index is 13.0. The summed E-state index contributed by atoms with van der Waals surface area (Å²) in [5.74, 6) is 1.90. The van der Waals surface area contributed by atoms with Crippen LogP contribution in [0.2, 0.25) is 0 Å². The van der Waals surface area contributed by atoms with Gasteiger partial charge in [0, 0.05) is 38.8 Å². The maximum atomic E-state index is 13.0. The molecule has 1 saturated carbocycles. The number of halogens is 1. The summed E-state index contributed by atoms with van der Waals surface area (Å²) in [7, 11) is 1.82. The Morgan fingerprint density at radius 1 is 1.12 bits per heavy atom. The van der Waals surface area contributed by atoms with Gasteiger partial charge in [0.1, 0.15) is 5.82 Å². The zero-order chi connectivity index (χ0) is 18.1. The van der Waals surface area contributed by atoms with E-state index in [9.17, 15) is 9.18 Å². The molecule has 26 heavy (non-hydrogen) atoms. The molecule has 2 aromatic rings. The Morgan fingerprint density at radius 3 is 2.58 bits per heavy atom. The first-order valence-corrected chi connectivity index (χ1v) is 9.40. The Kier molecular flexibility index (Phi) is 4.77. The molecule has 4 heteroatoms. The molecule has 2 fully saturated rings. The Labute approximate surface area is 154 Å². The minimum absolute atomic E-state index is 0.0469. The molecule has 3 unspecified atom stereocenters. The van der Waals surface area contributed by atoms with Crippen molar-refractivity contribution in [3.63, 3.8) is 0 Å². The SMILES string of the molecule is CN(CCN1CC2CC(c3ccccc3)C2C1)C(=O)c1ccc(F)cc1. The van der Waals surface area contributed by atoms with Crippen LogP contribution in [0.25, 0.3) is 0 Å². The predicted octanol–water partition coefficient (Wildman–Crippen LogP) is 3.63. The Morgan fingerprint density at radius 2 is 1.85 bits per heavy atom. The predicted molar refractivity (Wildman–Crippen MR) is 101 cm³/mol. The summed E-state index contributed by atoms with van der Waals surface area (Å²) in [6.07, 6.45) is 1.29. The third kappa shape index (κ3) is 3.38. The van der Waals surface area contributed by atoms with Crippen LogP contribution in [0.4, 0.5) is 4.39 Å². The van der Waals surface area contributed by atoms with Crippen molar-refractivity contribution in [2.75, 3.05) is 33.2 Å². The molecular formula is C22H25FN2O. The number of carbonyl (C=O) groups excluding carboxylic acids is 1. The molecule has 1 heterocycles. The van der Waals surface area contributed by atoms with Crippen molar-refractivity contribution in [1.82, 2.24) is 9.80 Å². The average molecular weight is 352 g/mol. The number of fused-ring (bicyclic) bond motifs is 1. The molecule has 0 bridgehead atoms. The van der Waals surface area contributed by atoms with Gasteiger partial charge in [-0.05, 0) is 54.0 Å². The van der Waals surface area contributed by atoms with Crippen molar-refractivity contribution < 1.29 is 9.18 Å². The molecule has 1 saturated heterocycles. The van der Waals surface area contributed by atoms with Gasteiger partial charge in [0.25, 0.3) is 5.91 Å². The number of carbonyl (C=O) groups is 1. The van der Waals surface area contributed by atoms with Crippen molar-refractivity contribution in [1.29, 1.82) is 0 Å². The molecule has 2 aromatic carbocycles. The summed E-state index contributed by atoms with van der Waals surface area (Å²) in [4.78, 5) is 16.7. The lowest BCUT2D eigenvalue weighted by Gasteiger charge is -2.40. The summed E-state index contributed by atoms with van der Waals surface area (Å²) >= 11 is 0. The van der Waals surface area contributed by atoms with Crippen LogP contribution in [0.3, 0.4) is 0 Å². The van der Waals surface area contributed by atoms with Gasteiger partial charge in [-0.3, -0.25) is 4.79 Å². The molecule has 2 aliphatic rings. The van der Waals surface area contributed by atoms with Crippen LogP contribution in [0.5, 0.6) is 0 Å². The van der Waals surface area contributed by atoms with E-state index in [-0.39, 0.29) is 11.7 Å². The van der Waals surface area contributed by atoms with Gasteiger partial charge in [0.2, 0.25) is 0 Å². The van der Waals surface area contributed by atoms with E-state index in [0.29, 0.717) is 18.0 Å². The van der Waals surface area contributed by atoms with Crippen molar-refractivity contribution in [2.45, 2.75) is 12.3 Å².